The molecule has 140 valence electrons. The van der Waals surface area contributed by atoms with E-state index in [1.54, 1.807) is 0 Å². The minimum atomic E-state index is -4.53. The van der Waals surface area contributed by atoms with Crippen molar-refractivity contribution in [3.05, 3.63) is 89.2 Å². The van der Waals surface area contributed by atoms with Gasteiger partial charge in [-0.3, -0.25) is 9.48 Å². The van der Waals surface area contributed by atoms with Crippen LogP contribution >= 0.6 is 0 Å². The predicted molar refractivity (Wildman–Crippen MR) is 94.8 cm³/mol. The van der Waals surface area contributed by atoms with Gasteiger partial charge in [0.1, 0.15) is 6.54 Å². The van der Waals surface area contributed by atoms with Crippen LogP contribution in [0.1, 0.15) is 28.4 Å². The Morgan fingerprint density at radius 1 is 1.04 bits per heavy atom. The molecule has 4 nitrogen and oxygen atoms in total. The fourth-order valence-electron chi connectivity index (χ4n) is 2.72. The van der Waals surface area contributed by atoms with Gasteiger partial charge in [-0.25, -0.2) is 0 Å². The molecule has 1 atom stereocenters. The summed E-state index contributed by atoms with van der Waals surface area (Å²) in [5.41, 5.74) is 1.84. The van der Waals surface area contributed by atoms with Crippen LogP contribution in [0.3, 0.4) is 0 Å². The van der Waals surface area contributed by atoms with Gasteiger partial charge in [0.05, 0.1) is 6.04 Å². The van der Waals surface area contributed by atoms with E-state index in [1.165, 1.54) is 0 Å². The van der Waals surface area contributed by atoms with Gasteiger partial charge in [-0.2, -0.15) is 18.3 Å². The number of alkyl halides is 3. The SMILES string of the molecule is Cc1ccc([C@H](NC(=O)Cn2ccc(C(F)(F)F)n2)c2ccccc2)cc1. The molecule has 0 aliphatic carbocycles. The molecule has 0 saturated carbocycles. The zero-order chi connectivity index (χ0) is 19.4. The van der Waals surface area contributed by atoms with Crippen LogP contribution in [0.25, 0.3) is 0 Å². The molecule has 0 radical (unpaired) electrons. The Kier molecular flexibility index (Phi) is 5.30. The highest BCUT2D eigenvalue weighted by Crippen LogP contribution is 2.27. The Morgan fingerprint density at radius 2 is 1.67 bits per heavy atom. The normalized spacial score (nSPS) is 12.6. The Labute approximate surface area is 154 Å². The van der Waals surface area contributed by atoms with Crippen LogP contribution in [-0.2, 0) is 17.5 Å². The first-order valence-corrected chi connectivity index (χ1v) is 8.34. The molecule has 7 heteroatoms. The molecular formula is C20H18F3N3O. The number of aromatic nitrogens is 2. The van der Waals surface area contributed by atoms with E-state index in [-0.39, 0.29) is 6.54 Å². The molecule has 0 unspecified atom stereocenters. The summed E-state index contributed by atoms with van der Waals surface area (Å²) < 4.78 is 38.9. The molecule has 3 rings (SSSR count). The van der Waals surface area contributed by atoms with Gasteiger partial charge in [-0.1, -0.05) is 60.2 Å². The van der Waals surface area contributed by atoms with Gasteiger partial charge < -0.3 is 5.32 Å². The number of benzene rings is 2. The van der Waals surface area contributed by atoms with Crippen LogP contribution in [0.5, 0.6) is 0 Å². The first kappa shape index (κ1) is 18.7. The summed E-state index contributed by atoms with van der Waals surface area (Å²) in [7, 11) is 0. The summed E-state index contributed by atoms with van der Waals surface area (Å²) in [4.78, 5) is 12.4. The third kappa shape index (κ3) is 4.75. The van der Waals surface area contributed by atoms with Gasteiger partial charge in [-0.15, -0.1) is 0 Å². The summed E-state index contributed by atoms with van der Waals surface area (Å²) in [5.74, 6) is -0.429. The summed E-state index contributed by atoms with van der Waals surface area (Å²) >= 11 is 0. The molecule has 1 aromatic heterocycles. The molecule has 0 bridgehead atoms. The second-order valence-corrected chi connectivity index (χ2v) is 6.22. The van der Waals surface area contributed by atoms with Gasteiger partial charge in [0.15, 0.2) is 5.69 Å². The van der Waals surface area contributed by atoms with Crippen molar-refractivity contribution in [2.24, 2.45) is 0 Å². The van der Waals surface area contributed by atoms with E-state index in [1.807, 2.05) is 61.5 Å². The second-order valence-electron chi connectivity index (χ2n) is 6.22. The van der Waals surface area contributed by atoms with Gasteiger partial charge >= 0.3 is 6.18 Å². The Balaban J connectivity index is 1.78. The van der Waals surface area contributed by atoms with Crippen molar-refractivity contribution in [2.45, 2.75) is 25.7 Å². The Bertz CT molecular complexity index is 902. The smallest absolute Gasteiger partial charge is 0.344 e. The quantitative estimate of drug-likeness (QED) is 0.731. The number of rotatable bonds is 5. The minimum Gasteiger partial charge on any atom is -0.344 e. The van der Waals surface area contributed by atoms with Crippen LogP contribution in [0.15, 0.2) is 66.9 Å². The fraction of sp³-hybridized carbons (Fsp3) is 0.200. The molecule has 0 aliphatic rings. The molecule has 1 N–H and O–H groups in total. The second kappa shape index (κ2) is 7.65. The number of aryl methyl sites for hydroxylation is 1. The highest BCUT2D eigenvalue weighted by Gasteiger charge is 2.33. The van der Waals surface area contributed by atoms with Crippen molar-refractivity contribution < 1.29 is 18.0 Å². The van der Waals surface area contributed by atoms with E-state index in [0.29, 0.717) is 0 Å². The summed E-state index contributed by atoms with van der Waals surface area (Å²) in [6.07, 6.45) is -3.39. The minimum absolute atomic E-state index is 0.300. The molecule has 0 aliphatic heterocycles. The lowest BCUT2D eigenvalue weighted by Gasteiger charge is -2.20. The Morgan fingerprint density at radius 3 is 2.26 bits per heavy atom. The molecule has 27 heavy (non-hydrogen) atoms. The van der Waals surface area contributed by atoms with Gasteiger partial charge in [0.25, 0.3) is 0 Å². The number of carbonyl (C=O) groups is 1. The predicted octanol–water partition coefficient (Wildman–Crippen LogP) is 4.12. The third-order valence-electron chi connectivity index (χ3n) is 4.09. The maximum absolute atomic E-state index is 12.6. The molecule has 0 saturated heterocycles. The number of hydrogen-bond acceptors (Lipinski definition) is 2. The van der Waals surface area contributed by atoms with E-state index in [0.717, 1.165) is 33.6 Å². The van der Waals surface area contributed by atoms with E-state index in [9.17, 15) is 18.0 Å². The van der Waals surface area contributed by atoms with Crippen LogP contribution < -0.4 is 5.32 Å². The molecule has 0 spiro atoms. The lowest BCUT2D eigenvalue weighted by Crippen LogP contribution is -2.32. The molecule has 3 aromatic rings. The van der Waals surface area contributed by atoms with Crippen LogP contribution in [-0.4, -0.2) is 15.7 Å². The lowest BCUT2D eigenvalue weighted by molar-refractivity contribution is -0.141. The van der Waals surface area contributed by atoms with E-state index in [4.69, 9.17) is 0 Å². The largest absolute Gasteiger partial charge is 0.435 e. The molecule has 2 aromatic carbocycles. The molecule has 0 fully saturated rings. The van der Waals surface area contributed by atoms with Crippen molar-refractivity contribution in [2.75, 3.05) is 0 Å². The first-order valence-electron chi connectivity index (χ1n) is 8.34. The lowest BCUT2D eigenvalue weighted by atomic mass is 9.98. The zero-order valence-electron chi connectivity index (χ0n) is 14.6. The first-order chi connectivity index (χ1) is 12.8. The number of halogens is 3. The van der Waals surface area contributed by atoms with Crippen molar-refractivity contribution in [3.63, 3.8) is 0 Å². The maximum Gasteiger partial charge on any atom is 0.435 e. The van der Waals surface area contributed by atoms with Gasteiger partial charge in [-0.05, 0) is 24.1 Å². The third-order valence-corrected chi connectivity index (χ3v) is 4.09. The highest BCUT2D eigenvalue weighted by molar-refractivity contribution is 5.76. The van der Waals surface area contributed by atoms with E-state index < -0.39 is 23.8 Å². The standard InChI is InChI=1S/C20H18F3N3O/c1-14-7-9-16(10-8-14)19(15-5-3-2-4-6-15)24-18(27)13-26-12-11-17(25-26)20(21,22)23/h2-12,19H,13H2,1H3,(H,24,27)/t19-/m1/s1. The van der Waals surface area contributed by atoms with Gasteiger partial charge in [0, 0.05) is 6.20 Å². The number of carbonyl (C=O) groups excluding carboxylic acids is 1. The molecular weight excluding hydrogens is 355 g/mol. The highest BCUT2D eigenvalue weighted by atomic mass is 19.4. The monoisotopic (exact) mass is 373 g/mol. The van der Waals surface area contributed by atoms with Crippen molar-refractivity contribution in [3.8, 4) is 0 Å². The van der Waals surface area contributed by atoms with Crippen molar-refractivity contribution in [1.29, 1.82) is 0 Å². The molecule has 1 heterocycles. The summed E-state index contributed by atoms with van der Waals surface area (Å²) in [6, 6.07) is 17.6. The summed E-state index contributed by atoms with van der Waals surface area (Å²) in [5, 5.41) is 6.30. The average molecular weight is 373 g/mol. The van der Waals surface area contributed by atoms with E-state index in [2.05, 4.69) is 10.4 Å². The van der Waals surface area contributed by atoms with Crippen molar-refractivity contribution >= 4 is 5.91 Å². The van der Waals surface area contributed by atoms with Crippen LogP contribution in [0.2, 0.25) is 0 Å². The zero-order valence-corrected chi connectivity index (χ0v) is 14.6. The van der Waals surface area contributed by atoms with Crippen LogP contribution in [0.4, 0.5) is 13.2 Å². The number of nitrogens with one attached hydrogen (secondary N) is 1. The maximum atomic E-state index is 12.6. The Hall–Kier alpha value is -3.09. The fourth-order valence-corrected chi connectivity index (χ4v) is 2.72. The topological polar surface area (TPSA) is 46.9 Å². The van der Waals surface area contributed by atoms with Crippen molar-refractivity contribution in [1.82, 2.24) is 15.1 Å². The average Bonchev–Trinajstić information content (AvgIpc) is 3.10. The van der Waals surface area contributed by atoms with Crippen LogP contribution in [0, 0.1) is 6.92 Å². The summed E-state index contributed by atoms with van der Waals surface area (Å²) in [6.45, 7) is 1.67. The van der Waals surface area contributed by atoms with E-state index >= 15 is 0 Å². The van der Waals surface area contributed by atoms with Gasteiger partial charge in [0.2, 0.25) is 5.91 Å². The number of amides is 1. The number of hydrogen-bond donors (Lipinski definition) is 1. The number of nitrogens with zero attached hydrogens (tertiary/aromatic N) is 2. The molecule has 1 amide bonds.